The van der Waals surface area contributed by atoms with E-state index < -0.39 is 6.03 Å². The number of carbonyl (C=O) groups excluding carboxylic acids is 1. The number of amides is 2. The molecule has 0 radical (unpaired) electrons. The van der Waals surface area contributed by atoms with Crippen LogP contribution in [0, 0.1) is 0 Å². The zero-order valence-corrected chi connectivity index (χ0v) is 16.3. The van der Waals surface area contributed by atoms with Crippen LogP contribution in [-0.4, -0.2) is 22.1 Å². The van der Waals surface area contributed by atoms with Crippen LogP contribution in [0.25, 0.3) is 11.7 Å². The van der Waals surface area contributed by atoms with Gasteiger partial charge < -0.3 is 24.6 Å². The first kappa shape index (κ1) is 20.7. The highest BCUT2D eigenvalue weighted by Gasteiger charge is 2.13. The summed E-state index contributed by atoms with van der Waals surface area (Å²) in [4.78, 5) is 16.1. The van der Waals surface area contributed by atoms with Crippen molar-refractivity contribution in [1.82, 2.24) is 15.5 Å². The minimum absolute atomic E-state index is 0.0339. The molecule has 4 N–H and O–H groups in total. The number of ether oxygens (including phenoxy) is 1. The number of benzene rings is 1. The third kappa shape index (κ3) is 5.72. The van der Waals surface area contributed by atoms with Crippen LogP contribution < -0.4 is 21.1 Å². The van der Waals surface area contributed by atoms with Gasteiger partial charge in [-0.25, -0.2) is 9.79 Å². The molecule has 11 heteroatoms. The molecule has 30 heavy (non-hydrogen) atoms. The number of rotatable bonds is 7. The van der Waals surface area contributed by atoms with Gasteiger partial charge in [-0.2, -0.15) is 0 Å². The molecule has 3 aromatic rings. The first-order chi connectivity index (χ1) is 14.5. The highest BCUT2D eigenvalue weighted by molar-refractivity contribution is 6.29. The third-order valence-electron chi connectivity index (χ3n) is 3.47. The van der Waals surface area contributed by atoms with Crippen molar-refractivity contribution in [2.45, 2.75) is 6.54 Å². The summed E-state index contributed by atoms with van der Waals surface area (Å²) in [5.74, 6) is 1.14. The Hall–Kier alpha value is -4.05. The van der Waals surface area contributed by atoms with Crippen LogP contribution in [0.15, 0.2) is 80.5 Å². The number of anilines is 1. The minimum atomic E-state index is -0.552. The van der Waals surface area contributed by atoms with Crippen LogP contribution in [0.2, 0.25) is 0 Å². The van der Waals surface area contributed by atoms with Crippen LogP contribution in [0.5, 0.6) is 5.75 Å². The fraction of sp³-hybridized carbons (Fsp3) is 0.0526. The highest BCUT2D eigenvalue weighted by atomic mass is 35.5. The van der Waals surface area contributed by atoms with Crippen LogP contribution in [0.1, 0.15) is 5.56 Å². The van der Waals surface area contributed by atoms with Crippen molar-refractivity contribution in [2.75, 3.05) is 5.32 Å². The summed E-state index contributed by atoms with van der Waals surface area (Å²) in [7, 11) is 0. The molecule has 0 unspecified atom stereocenters. The minimum Gasteiger partial charge on any atom is -0.459 e. The van der Waals surface area contributed by atoms with Crippen molar-refractivity contribution in [3.63, 3.8) is 0 Å². The summed E-state index contributed by atoms with van der Waals surface area (Å²) in [5.41, 5.74) is 6.07. The number of furan rings is 1. The van der Waals surface area contributed by atoms with Crippen LogP contribution >= 0.6 is 11.6 Å². The predicted octanol–water partition coefficient (Wildman–Crippen LogP) is 3.61. The lowest BCUT2D eigenvalue weighted by Gasteiger charge is -2.11. The summed E-state index contributed by atoms with van der Waals surface area (Å²) in [6.07, 6.45) is 4.16. The number of urea groups is 1. The summed E-state index contributed by atoms with van der Waals surface area (Å²) in [5, 5.41) is 12.7. The van der Waals surface area contributed by atoms with E-state index in [4.69, 9.17) is 30.9 Å². The average Bonchev–Trinajstić information content (AvgIpc) is 3.39. The number of nitrogens with zero attached hydrogens (tertiary/aromatic N) is 3. The third-order valence-corrected chi connectivity index (χ3v) is 3.56. The zero-order chi connectivity index (χ0) is 21.3. The number of carbonyl (C=O) groups is 1. The molecule has 2 aromatic heterocycles. The van der Waals surface area contributed by atoms with E-state index >= 15 is 0 Å². The van der Waals surface area contributed by atoms with Gasteiger partial charge in [0.25, 0.3) is 5.89 Å². The van der Waals surface area contributed by atoms with Gasteiger partial charge in [0.05, 0.1) is 6.26 Å². The fourth-order valence-corrected chi connectivity index (χ4v) is 2.33. The smallest absolute Gasteiger partial charge is 0.324 e. The normalized spacial score (nSPS) is 11.4. The number of nitrogens with two attached hydrogens (primary N) is 1. The molecular weight excluding hydrogens is 412 g/mol. The van der Waals surface area contributed by atoms with Crippen LogP contribution in [-0.2, 0) is 6.54 Å². The molecule has 3 rings (SSSR count). The Morgan fingerprint density at radius 3 is 2.87 bits per heavy atom. The van der Waals surface area contributed by atoms with Gasteiger partial charge in [0.1, 0.15) is 10.9 Å². The molecule has 2 heterocycles. The molecule has 1 aromatic carbocycles. The molecule has 2 amide bonds. The Kier molecular flexibility index (Phi) is 6.85. The summed E-state index contributed by atoms with van der Waals surface area (Å²) >= 11 is 5.70. The maximum absolute atomic E-state index is 12.2. The largest absolute Gasteiger partial charge is 0.459 e. The van der Waals surface area contributed by atoms with Crippen molar-refractivity contribution in [2.24, 2.45) is 10.7 Å². The molecular formula is C19H17ClN6O4. The number of aliphatic imine (C=N–C) groups is 1. The van der Waals surface area contributed by atoms with Crippen LogP contribution in [0.4, 0.5) is 10.8 Å². The van der Waals surface area contributed by atoms with Crippen molar-refractivity contribution in [1.29, 1.82) is 0 Å². The lowest BCUT2D eigenvalue weighted by molar-refractivity contribution is 0.251. The molecule has 0 aliphatic heterocycles. The van der Waals surface area contributed by atoms with Crippen LogP contribution in [0.3, 0.4) is 0 Å². The molecule has 0 fully saturated rings. The van der Waals surface area contributed by atoms with Gasteiger partial charge in [0, 0.05) is 18.2 Å². The van der Waals surface area contributed by atoms with Gasteiger partial charge in [0.2, 0.25) is 5.90 Å². The SMILES string of the molecule is C=C(Cl)/N=C(\C=C/N)Oc1ccccc1CNC(=O)Nc1nnc(-c2ccco2)o1. The molecule has 0 atom stereocenters. The second-order valence-corrected chi connectivity index (χ2v) is 6.03. The molecule has 0 saturated carbocycles. The van der Waals surface area contributed by atoms with E-state index in [-0.39, 0.29) is 29.5 Å². The van der Waals surface area contributed by atoms with Gasteiger partial charge in [0.15, 0.2) is 5.76 Å². The monoisotopic (exact) mass is 428 g/mol. The lowest BCUT2D eigenvalue weighted by Crippen LogP contribution is -2.28. The van der Waals surface area contributed by atoms with E-state index in [2.05, 4.69) is 32.4 Å². The number of aromatic nitrogens is 2. The van der Waals surface area contributed by atoms with E-state index in [0.717, 1.165) is 0 Å². The maximum Gasteiger partial charge on any atom is 0.324 e. The Morgan fingerprint density at radius 1 is 1.30 bits per heavy atom. The Labute approximate surface area is 176 Å². The van der Waals surface area contributed by atoms with Gasteiger partial charge in [-0.1, -0.05) is 41.5 Å². The molecule has 0 bridgehead atoms. The number of hydrogen-bond donors (Lipinski definition) is 3. The van der Waals surface area contributed by atoms with E-state index in [1.165, 1.54) is 18.5 Å². The average molecular weight is 429 g/mol. The highest BCUT2D eigenvalue weighted by Crippen LogP contribution is 2.21. The van der Waals surface area contributed by atoms with E-state index in [9.17, 15) is 4.79 Å². The molecule has 10 nitrogen and oxygen atoms in total. The van der Waals surface area contributed by atoms with Gasteiger partial charge in [-0.3, -0.25) is 5.32 Å². The Balaban J connectivity index is 1.62. The fourth-order valence-electron chi connectivity index (χ4n) is 2.25. The second-order valence-electron chi connectivity index (χ2n) is 5.59. The predicted molar refractivity (Wildman–Crippen MR) is 111 cm³/mol. The Morgan fingerprint density at radius 2 is 2.13 bits per heavy atom. The molecule has 0 spiro atoms. The topological polar surface area (TPSA) is 141 Å². The standard InChI is InChI=1S/C19H17ClN6O4/c1-12(20)23-16(8-9-21)29-14-6-3-2-5-13(14)11-22-18(27)24-19-26-25-17(30-19)15-7-4-10-28-15/h2-10H,1,11,21H2,(H2,22,24,26,27)/b9-8-,23-16+. The van der Waals surface area contributed by atoms with Gasteiger partial charge >= 0.3 is 12.0 Å². The Bertz CT molecular complexity index is 1070. The van der Waals surface area contributed by atoms with Gasteiger partial charge in [-0.15, -0.1) is 5.10 Å². The van der Waals surface area contributed by atoms with Crippen molar-refractivity contribution >= 4 is 29.5 Å². The zero-order valence-electron chi connectivity index (χ0n) is 15.5. The van der Waals surface area contributed by atoms with Gasteiger partial charge in [-0.05, 0) is 24.4 Å². The van der Waals surface area contributed by atoms with E-state index in [0.29, 0.717) is 17.1 Å². The van der Waals surface area contributed by atoms with E-state index in [1.807, 2.05) is 0 Å². The van der Waals surface area contributed by atoms with Crippen molar-refractivity contribution in [3.05, 3.63) is 72.2 Å². The maximum atomic E-state index is 12.2. The number of para-hydroxylation sites is 1. The van der Waals surface area contributed by atoms with Crippen molar-refractivity contribution in [3.8, 4) is 17.4 Å². The molecule has 0 aliphatic rings. The molecule has 0 saturated heterocycles. The summed E-state index contributed by atoms with van der Waals surface area (Å²) in [6, 6.07) is 9.76. The summed E-state index contributed by atoms with van der Waals surface area (Å²) < 4.78 is 16.2. The number of halogens is 1. The second kappa shape index (κ2) is 9.94. The number of hydrogen-bond acceptors (Lipinski definition) is 8. The quantitative estimate of drug-likeness (QED) is 0.296. The first-order valence-electron chi connectivity index (χ1n) is 8.54. The molecule has 154 valence electrons. The first-order valence-corrected chi connectivity index (χ1v) is 8.92. The summed E-state index contributed by atoms with van der Waals surface area (Å²) in [6.45, 7) is 3.63. The number of nitrogens with one attached hydrogen (secondary N) is 2. The van der Waals surface area contributed by atoms with Crippen molar-refractivity contribution < 1.29 is 18.4 Å². The van der Waals surface area contributed by atoms with E-state index in [1.54, 1.807) is 36.4 Å². The lowest BCUT2D eigenvalue weighted by atomic mass is 10.2. The molecule has 0 aliphatic carbocycles.